The van der Waals surface area contributed by atoms with Crippen LogP contribution in [0.3, 0.4) is 0 Å². The van der Waals surface area contributed by atoms with Gasteiger partial charge in [-0.05, 0) is 25.3 Å². The van der Waals surface area contributed by atoms with Gasteiger partial charge in [-0.3, -0.25) is 10.1 Å². The van der Waals surface area contributed by atoms with E-state index in [1.807, 2.05) is 6.07 Å². The number of unbranched alkanes of at least 4 members (excludes halogenated alkanes) is 1. The van der Waals surface area contributed by atoms with Crippen LogP contribution in [0.25, 0.3) is 0 Å². The summed E-state index contributed by atoms with van der Waals surface area (Å²) in [4.78, 5) is 36.1. The van der Waals surface area contributed by atoms with Crippen molar-refractivity contribution in [2.24, 2.45) is 0 Å². The molecule has 0 bridgehead atoms. The average molecular weight is 478 g/mol. The zero-order valence-electron chi connectivity index (χ0n) is 16.4. The number of carbonyl (C=O) groups excluding carboxylic acids is 2. The molecule has 1 aromatic carbocycles. The van der Waals surface area contributed by atoms with E-state index in [1.165, 1.54) is 18.2 Å². The topological polar surface area (TPSA) is 132 Å². The summed E-state index contributed by atoms with van der Waals surface area (Å²) >= 11 is 3.30. The Labute approximate surface area is 181 Å². The summed E-state index contributed by atoms with van der Waals surface area (Å²) in [5.74, 6) is -2.56. The molecule has 1 aliphatic rings. The number of nitro groups is 1. The quantitative estimate of drug-likeness (QED) is 0.198. The van der Waals surface area contributed by atoms with Gasteiger partial charge in [-0.25, -0.2) is 9.59 Å². The Morgan fingerprint density at radius 1 is 1.30 bits per heavy atom. The zero-order chi connectivity index (χ0) is 22.3. The van der Waals surface area contributed by atoms with Crippen LogP contribution >= 0.6 is 15.9 Å². The normalized spacial score (nSPS) is 15.9. The van der Waals surface area contributed by atoms with Gasteiger partial charge in [0.05, 0.1) is 35.7 Å². The molecule has 0 saturated heterocycles. The number of ether oxygens (including phenoxy) is 2. The fourth-order valence-corrected chi connectivity index (χ4v) is 3.50. The lowest BCUT2D eigenvalue weighted by atomic mass is 9.80. The van der Waals surface area contributed by atoms with Gasteiger partial charge in [-0.1, -0.05) is 28.1 Å². The van der Waals surface area contributed by atoms with Crippen molar-refractivity contribution in [2.45, 2.75) is 25.7 Å². The van der Waals surface area contributed by atoms with Crippen LogP contribution in [0, 0.1) is 21.4 Å². The van der Waals surface area contributed by atoms with E-state index < -0.39 is 22.8 Å². The van der Waals surface area contributed by atoms with E-state index in [9.17, 15) is 25.0 Å². The van der Waals surface area contributed by atoms with E-state index in [0.717, 1.165) is 18.9 Å². The van der Waals surface area contributed by atoms with Crippen LogP contribution in [-0.2, 0) is 19.1 Å². The molecular weight excluding hydrogens is 458 g/mol. The number of halogens is 1. The number of hydrogen-bond acceptors (Lipinski definition) is 8. The summed E-state index contributed by atoms with van der Waals surface area (Å²) in [6.45, 7) is 1.75. The van der Waals surface area contributed by atoms with Crippen molar-refractivity contribution < 1.29 is 24.0 Å². The van der Waals surface area contributed by atoms with Gasteiger partial charge in [0.15, 0.2) is 0 Å². The lowest BCUT2D eigenvalue weighted by Gasteiger charge is -2.29. The molecule has 0 saturated carbocycles. The highest BCUT2D eigenvalue weighted by Crippen LogP contribution is 2.40. The third-order valence-corrected chi connectivity index (χ3v) is 5.04. The predicted octanol–water partition coefficient (Wildman–Crippen LogP) is 3.22. The molecule has 1 N–H and O–H groups in total. The molecule has 0 amide bonds. The van der Waals surface area contributed by atoms with Gasteiger partial charge < -0.3 is 14.8 Å². The summed E-state index contributed by atoms with van der Waals surface area (Å²) in [6, 6.07) is 7.46. The van der Waals surface area contributed by atoms with Crippen molar-refractivity contribution in [3.8, 4) is 6.07 Å². The number of dihydropyridines is 1. The summed E-state index contributed by atoms with van der Waals surface area (Å²) in [6.07, 6.45) is 1.45. The molecule has 30 heavy (non-hydrogen) atoms. The molecule has 9 nitrogen and oxygen atoms in total. The van der Waals surface area contributed by atoms with Gasteiger partial charge in [0.1, 0.15) is 11.8 Å². The SMILES string of the molecule is COC(=O)C1=C(C#N)NC(C)=C(C(=O)OCCCCBr)C1c1cccc([N+](=O)[O-])c1. The molecule has 1 atom stereocenters. The molecule has 0 spiro atoms. The van der Waals surface area contributed by atoms with Crippen molar-refractivity contribution in [3.05, 3.63) is 62.5 Å². The van der Waals surface area contributed by atoms with E-state index in [4.69, 9.17) is 9.47 Å². The average Bonchev–Trinajstić information content (AvgIpc) is 2.75. The summed E-state index contributed by atoms with van der Waals surface area (Å²) in [7, 11) is 1.15. The molecule has 1 aromatic rings. The van der Waals surface area contributed by atoms with Crippen LogP contribution in [0.1, 0.15) is 31.2 Å². The van der Waals surface area contributed by atoms with E-state index in [2.05, 4.69) is 21.2 Å². The number of carbonyl (C=O) groups is 2. The highest BCUT2D eigenvalue weighted by Gasteiger charge is 2.39. The third-order valence-electron chi connectivity index (χ3n) is 4.48. The van der Waals surface area contributed by atoms with Gasteiger partial charge in [-0.2, -0.15) is 5.26 Å². The van der Waals surface area contributed by atoms with Crippen molar-refractivity contribution in [1.29, 1.82) is 5.26 Å². The molecule has 0 aromatic heterocycles. The van der Waals surface area contributed by atoms with Gasteiger partial charge >= 0.3 is 11.9 Å². The first kappa shape index (κ1) is 23.1. The van der Waals surface area contributed by atoms with Crippen LogP contribution in [0.5, 0.6) is 0 Å². The summed E-state index contributed by atoms with van der Waals surface area (Å²) in [5.41, 5.74) is 0.294. The van der Waals surface area contributed by atoms with Crippen molar-refractivity contribution in [2.75, 3.05) is 19.0 Å². The minimum atomic E-state index is -1.06. The highest BCUT2D eigenvalue weighted by atomic mass is 79.9. The fraction of sp³-hybridized carbons (Fsp3) is 0.350. The maximum atomic E-state index is 12.9. The molecular formula is C20H20BrN3O6. The largest absolute Gasteiger partial charge is 0.466 e. The molecule has 1 aliphatic heterocycles. The monoisotopic (exact) mass is 477 g/mol. The second kappa shape index (κ2) is 10.5. The maximum absolute atomic E-state index is 12.9. The zero-order valence-corrected chi connectivity index (χ0v) is 18.0. The van der Waals surface area contributed by atoms with E-state index in [0.29, 0.717) is 17.7 Å². The van der Waals surface area contributed by atoms with E-state index in [1.54, 1.807) is 13.0 Å². The first-order valence-electron chi connectivity index (χ1n) is 9.03. The Hall–Kier alpha value is -3.19. The Kier molecular flexibility index (Phi) is 8.12. The molecule has 10 heteroatoms. The number of hydrogen-bond donors (Lipinski definition) is 1. The Morgan fingerprint density at radius 2 is 2.03 bits per heavy atom. The first-order chi connectivity index (χ1) is 14.3. The molecule has 2 rings (SSSR count). The smallest absolute Gasteiger partial charge is 0.337 e. The van der Waals surface area contributed by atoms with Crippen molar-refractivity contribution >= 4 is 33.6 Å². The van der Waals surface area contributed by atoms with Gasteiger partial charge in [0, 0.05) is 23.2 Å². The lowest BCUT2D eigenvalue weighted by molar-refractivity contribution is -0.384. The lowest BCUT2D eigenvalue weighted by Crippen LogP contribution is -2.32. The Morgan fingerprint density at radius 3 is 2.63 bits per heavy atom. The number of nitrogens with one attached hydrogen (secondary N) is 1. The van der Waals surface area contributed by atoms with E-state index >= 15 is 0 Å². The number of methoxy groups -OCH3 is 1. The van der Waals surface area contributed by atoms with Gasteiger partial charge in [0.25, 0.3) is 5.69 Å². The molecule has 1 heterocycles. The second-order valence-electron chi connectivity index (χ2n) is 6.37. The van der Waals surface area contributed by atoms with E-state index in [-0.39, 0.29) is 29.1 Å². The number of non-ortho nitro benzene ring substituents is 1. The standard InChI is InChI=1S/C20H20BrN3O6/c1-12-16(20(26)30-9-4-3-8-21)17(13-6-5-7-14(10-13)24(27)28)18(19(25)29-2)15(11-22)23-12/h5-7,10,17,23H,3-4,8-9H2,1-2H3. The van der Waals surface area contributed by atoms with Gasteiger partial charge in [-0.15, -0.1) is 0 Å². The molecule has 0 radical (unpaired) electrons. The maximum Gasteiger partial charge on any atom is 0.337 e. The highest BCUT2D eigenvalue weighted by molar-refractivity contribution is 9.09. The molecule has 1 unspecified atom stereocenters. The predicted molar refractivity (Wildman–Crippen MR) is 110 cm³/mol. The summed E-state index contributed by atoms with van der Waals surface area (Å²) < 4.78 is 10.2. The number of nitriles is 1. The Balaban J connectivity index is 2.60. The van der Waals surface area contributed by atoms with Crippen molar-refractivity contribution in [1.82, 2.24) is 5.32 Å². The number of allylic oxidation sites excluding steroid dienone is 2. The molecule has 158 valence electrons. The van der Waals surface area contributed by atoms with Crippen LogP contribution in [-0.4, -0.2) is 35.9 Å². The van der Waals surface area contributed by atoms with Crippen LogP contribution in [0.15, 0.2) is 46.8 Å². The second-order valence-corrected chi connectivity index (χ2v) is 7.17. The number of alkyl halides is 1. The van der Waals surface area contributed by atoms with Crippen molar-refractivity contribution in [3.63, 3.8) is 0 Å². The fourth-order valence-electron chi connectivity index (χ4n) is 3.11. The number of benzene rings is 1. The number of nitrogens with zero attached hydrogens (tertiary/aromatic N) is 2. The number of rotatable bonds is 8. The first-order valence-corrected chi connectivity index (χ1v) is 10.2. The van der Waals surface area contributed by atoms with Crippen LogP contribution < -0.4 is 5.32 Å². The summed E-state index contributed by atoms with van der Waals surface area (Å²) in [5, 5.41) is 24.3. The third kappa shape index (κ3) is 5.04. The number of nitro benzene ring substituents is 1. The number of esters is 2. The van der Waals surface area contributed by atoms with Crippen LogP contribution in [0.2, 0.25) is 0 Å². The minimum absolute atomic E-state index is 0.0910. The van der Waals surface area contributed by atoms with Gasteiger partial charge in [0.2, 0.25) is 0 Å². The Bertz CT molecular complexity index is 964. The minimum Gasteiger partial charge on any atom is -0.466 e. The molecule has 0 aliphatic carbocycles. The molecule has 0 fully saturated rings. The van der Waals surface area contributed by atoms with Crippen LogP contribution in [0.4, 0.5) is 5.69 Å².